The number of rotatable bonds is 5. The van der Waals surface area contributed by atoms with Crippen molar-refractivity contribution >= 4 is 0 Å². The molecule has 0 heterocycles. The monoisotopic (exact) mass is 273 g/mol. The van der Waals surface area contributed by atoms with Crippen LogP contribution in [0.15, 0.2) is 30.3 Å². The summed E-state index contributed by atoms with van der Waals surface area (Å²) in [5.41, 5.74) is 1.49. The molecule has 2 rings (SSSR count). The molecule has 1 unspecified atom stereocenters. The van der Waals surface area contributed by atoms with E-state index in [0.29, 0.717) is 11.8 Å². The van der Waals surface area contributed by atoms with Gasteiger partial charge in [0.1, 0.15) is 0 Å². The van der Waals surface area contributed by atoms with Crippen molar-refractivity contribution in [3.05, 3.63) is 35.9 Å². The molecule has 1 nitrogen and oxygen atoms in total. The minimum atomic E-state index is 0.640. The summed E-state index contributed by atoms with van der Waals surface area (Å²) in [5, 5.41) is 3.87. The molecule has 0 bridgehead atoms. The van der Waals surface area contributed by atoms with Crippen LogP contribution in [0.1, 0.15) is 70.3 Å². The lowest BCUT2D eigenvalue weighted by atomic mass is 9.87. The van der Waals surface area contributed by atoms with Crippen molar-refractivity contribution in [2.75, 3.05) is 6.54 Å². The van der Waals surface area contributed by atoms with Crippen molar-refractivity contribution in [3.8, 4) is 0 Å². The van der Waals surface area contributed by atoms with Gasteiger partial charge in [-0.2, -0.15) is 0 Å². The smallest absolute Gasteiger partial charge is 0.00673 e. The third-order valence-electron chi connectivity index (χ3n) is 4.76. The van der Waals surface area contributed by atoms with Crippen LogP contribution >= 0.6 is 0 Å². The molecule has 1 aliphatic rings. The second-order valence-corrected chi connectivity index (χ2v) is 6.71. The maximum atomic E-state index is 3.87. The Hall–Kier alpha value is -0.820. The molecule has 0 radical (unpaired) electrons. The molecule has 0 aliphatic heterocycles. The van der Waals surface area contributed by atoms with E-state index in [1.807, 2.05) is 0 Å². The summed E-state index contributed by atoms with van der Waals surface area (Å²) in [5.74, 6) is 1.33. The Morgan fingerprint density at radius 2 is 1.55 bits per heavy atom. The van der Waals surface area contributed by atoms with Gasteiger partial charge in [0.2, 0.25) is 0 Å². The molecule has 0 saturated heterocycles. The van der Waals surface area contributed by atoms with Crippen LogP contribution in [0.2, 0.25) is 0 Å². The first-order valence-electron chi connectivity index (χ1n) is 8.55. The van der Waals surface area contributed by atoms with Gasteiger partial charge in [-0.05, 0) is 30.2 Å². The SMILES string of the molecule is CC(C)C(CNC1CCCCCCC1)c1ccccc1. The Labute approximate surface area is 125 Å². The summed E-state index contributed by atoms with van der Waals surface area (Å²) < 4.78 is 0. The van der Waals surface area contributed by atoms with Crippen LogP contribution in [0.25, 0.3) is 0 Å². The fourth-order valence-electron chi connectivity index (χ4n) is 3.39. The van der Waals surface area contributed by atoms with Gasteiger partial charge in [0.25, 0.3) is 0 Å². The highest BCUT2D eigenvalue weighted by Gasteiger charge is 2.18. The first-order chi connectivity index (χ1) is 9.77. The number of nitrogens with one attached hydrogen (secondary N) is 1. The van der Waals surface area contributed by atoms with E-state index in [-0.39, 0.29) is 0 Å². The first-order valence-corrected chi connectivity index (χ1v) is 8.55. The summed E-state index contributed by atoms with van der Waals surface area (Å²) in [7, 11) is 0. The topological polar surface area (TPSA) is 12.0 Å². The van der Waals surface area contributed by atoms with Crippen LogP contribution in [0, 0.1) is 5.92 Å². The third kappa shape index (κ3) is 4.94. The highest BCUT2D eigenvalue weighted by Crippen LogP contribution is 2.24. The molecular formula is C19H31N. The van der Waals surface area contributed by atoms with Crippen molar-refractivity contribution in [1.82, 2.24) is 5.32 Å². The Kier molecular flexibility index (Phi) is 6.59. The highest BCUT2D eigenvalue weighted by atomic mass is 14.9. The zero-order valence-electron chi connectivity index (χ0n) is 13.3. The van der Waals surface area contributed by atoms with Crippen molar-refractivity contribution < 1.29 is 0 Å². The lowest BCUT2D eigenvalue weighted by Crippen LogP contribution is -2.34. The highest BCUT2D eigenvalue weighted by molar-refractivity contribution is 5.20. The molecule has 1 atom stereocenters. The van der Waals surface area contributed by atoms with Gasteiger partial charge in [-0.1, -0.05) is 76.3 Å². The van der Waals surface area contributed by atoms with Gasteiger partial charge in [-0.25, -0.2) is 0 Å². The number of hydrogen-bond acceptors (Lipinski definition) is 1. The largest absolute Gasteiger partial charge is 0.313 e. The molecular weight excluding hydrogens is 242 g/mol. The zero-order valence-corrected chi connectivity index (χ0v) is 13.3. The zero-order chi connectivity index (χ0) is 14.2. The normalized spacial score (nSPS) is 19.6. The second-order valence-electron chi connectivity index (χ2n) is 6.71. The summed E-state index contributed by atoms with van der Waals surface area (Å²) in [6, 6.07) is 11.8. The summed E-state index contributed by atoms with van der Waals surface area (Å²) in [6.07, 6.45) is 9.89. The van der Waals surface area contributed by atoms with E-state index in [0.717, 1.165) is 12.6 Å². The van der Waals surface area contributed by atoms with Crippen LogP contribution in [-0.2, 0) is 0 Å². The molecule has 112 valence electrons. The average molecular weight is 273 g/mol. The molecule has 0 spiro atoms. The van der Waals surface area contributed by atoms with Gasteiger partial charge < -0.3 is 5.32 Å². The van der Waals surface area contributed by atoms with Crippen LogP contribution in [0.3, 0.4) is 0 Å². The van der Waals surface area contributed by atoms with Gasteiger partial charge in [-0.3, -0.25) is 0 Å². The predicted molar refractivity (Wildman–Crippen MR) is 88.1 cm³/mol. The molecule has 1 saturated carbocycles. The van der Waals surface area contributed by atoms with E-state index in [2.05, 4.69) is 49.5 Å². The summed E-state index contributed by atoms with van der Waals surface area (Å²) >= 11 is 0. The van der Waals surface area contributed by atoms with Crippen molar-refractivity contribution in [2.24, 2.45) is 5.92 Å². The van der Waals surface area contributed by atoms with Gasteiger partial charge in [0.05, 0.1) is 0 Å². The second kappa shape index (κ2) is 8.46. The maximum Gasteiger partial charge on any atom is 0.00673 e. The average Bonchev–Trinajstić information content (AvgIpc) is 2.42. The van der Waals surface area contributed by atoms with Crippen molar-refractivity contribution in [1.29, 1.82) is 0 Å². The van der Waals surface area contributed by atoms with Gasteiger partial charge in [0, 0.05) is 12.6 Å². The fraction of sp³-hybridized carbons (Fsp3) is 0.684. The Morgan fingerprint density at radius 1 is 0.950 bits per heavy atom. The third-order valence-corrected chi connectivity index (χ3v) is 4.76. The van der Waals surface area contributed by atoms with Crippen LogP contribution < -0.4 is 5.32 Å². The van der Waals surface area contributed by atoms with Crippen LogP contribution in [-0.4, -0.2) is 12.6 Å². The maximum absolute atomic E-state index is 3.87. The molecule has 1 N–H and O–H groups in total. The lowest BCUT2D eigenvalue weighted by molar-refractivity contribution is 0.361. The number of hydrogen-bond donors (Lipinski definition) is 1. The molecule has 1 fully saturated rings. The van der Waals surface area contributed by atoms with Crippen molar-refractivity contribution in [3.63, 3.8) is 0 Å². The standard InChI is InChI=1S/C19H31N/c1-16(2)19(17-11-7-6-8-12-17)15-20-18-13-9-4-3-5-10-14-18/h6-8,11-12,16,18-20H,3-5,9-10,13-15H2,1-2H3. The van der Waals surface area contributed by atoms with E-state index in [9.17, 15) is 0 Å². The van der Waals surface area contributed by atoms with E-state index in [1.54, 1.807) is 0 Å². The van der Waals surface area contributed by atoms with E-state index < -0.39 is 0 Å². The van der Waals surface area contributed by atoms with E-state index >= 15 is 0 Å². The lowest BCUT2D eigenvalue weighted by Gasteiger charge is -2.27. The minimum Gasteiger partial charge on any atom is -0.313 e. The molecule has 1 aromatic carbocycles. The van der Waals surface area contributed by atoms with Crippen molar-refractivity contribution in [2.45, 2.75) is 70.8 Å². The molecule has 0 aromatic heterocycles. The summed E-state index contributed by atoms with van der Waals surface area (Å²) in [4.78, 5) is 0. The quantitative estimate of drug-likeness (QED) is 0.784. The predicted octanol–water partition coefficient (Wildman–Crippen LogP) is 5.13. The van der Waals surface area contributed by atoms with E-state index in [1.165, 1.54) is 50.5 Å². The molecule has 1 aromatic rings. The molecule has 0 amide bonds. The Bertz CT molecular complexity index is 349. The Balaban J connectivity index is 1.88. The molecule has 1 heteroatoms. The number of benzene rings is 1. The fourth-order valence-corrected chi connectivity index (χ4v) is 3.39. The van der Waals surface area contributed by atoms with Crippen LogP contribution in [0.5, 0.6) is 0 Å². The van der Waals surface area contributed by atoms with Gasteiger partial charge in [-0.15, -0.1) is 0 Å². The van der Waals surface area contributed by atoms with Gasteiger partial charge >= 0.3 is 0 Å². The van der Waals surface area contributed by atoms with E-state index in [4.69, 9.17) is 0 Å². The van der Waals surface area contributed by atoms with Gasteiger partial charge in [0.15, 0.2) is 0 Å². The minimum absolute atomic E-state index is 0.640. The molecule has 20 heavy (non-hydrogen) atoms. The Morgan fingerprint density at radius 3 is 2.15 bits per heavy atom. The molecule has 1 aliphatic carbocycles. The first kappa shape index (κ1) is 15.6. The van der Waals surface area contributed by atoms with Crippen LogP contribution in [0.4, 0.5) is 0 Å². The summed E-state index contributed by atoms with van der Waals surface area (Å²) in [6.45, 7) is 5.82.